The summed E-state index contributed by atoms with van der Waals surface area (Å²) in [4.78, 5) is 24.9. The van der Waals surface area contributed by atoms with Crippen LogP contribution in [0, 0.1) is 0 Å². The van der Waals surface area contributed by atoms with E-state index < -0.39 is 6.10 Å². The summed E-state index contributed by atoms with van der Waals surface area (Å²) in [5, 5.41) is 2.89. The van der Waals surface area contributed by atoms with E-state index in [0.29, 0.717) is 23.6 Å². The fraction of sp³-hybridized carbons (Fsp3) is 0.333. The van der Waals surface area contributed by atoms with Crippen LogP contribution in [0.5, 0.6) is 11.5 Å². The van der Waals surface area contributed by atoms with E-state index in [1.807, 2.05) is 51.1 Å². The predicted molar refractivity (Wildman–Crippen MR) is 113 cm³/mol. The van der Waals surface area contributed by atoms with Crippen LogP contribution in [0.25, 0.3) is 10.2 Å². The number of nitrogens with one attached hydrogen (secondary N) is 1. The number of thiazole rings is 1. The van der Waals surface area contributed by atoms with E-state index in [4.69, 9.17) is 9.47 Å². The Balaban J connectivity index is 1.77. The van der Waals surface area contributed by atoms with E-state index in [-0.39, 0.29) is 16.8 Å². The first-order valence-electron chi connectivity index (χ1n) is 9.19. The second kappa shape index (κ2) is 8.48. The summed E-state index contributed by atoms with van der Waals surface area (Å²) in [5.74, 6) is 1.01. The molecule has 6 nitrogen and oxygen atoms in total. The van der Waals surface area contributed by atoms with Crippen LogP contribution in [0.4, 0.5) is 5.69 Å². The Morgan fingerprint density at radius 2 is 1.93 bits per heavy atom. The molecule has 1 aromatic heterocycles. The van der Waals surface area contributed by atoms with Crippen LogP contribution in [0.1, 0.15) is 33.2 Å². The molecule has 28 heavy (non-hydrogen) atoms. The Hall–Kier alpha value is -2.80. The van der Waals surface area contributed by atoms with Crippen molar-refractivity contribution in [3.63, 3.8) is 0 Å². The number of fused-ring (bicyclic) bond motifs is 1. The first-order valence-corrected chi connectivity index (χ1v) is 10.0. The number of amides is 1. The van der Waals surface area contributed by atoms with Crippen LogP contribution in [-0.4, -0.2) is 23.7 Å². The molecule has 148 valence electrons. The van der Waals surface area contributed by atoms with E-state index in [1.165, 1.54) is 11.3 Å². The number of benzene rings is 2. The fourth-order valence-corrected chi connectivity index (χ4v) is 4.04. The van der Waals surface area contributed by atoms with Crippen molar-refractivity contribution < 1.29 is 14.3 Å². The number of hydrogen-bond donors (Lipinski definition) is 1. The highest BCUT2D eigenvalue weighted by Gasteiger charge is 2.19. The van der Waals surface area contributed by atoms with Crippen molar-refractivity contribution in [1.82, 2.24) is 4.57 Å². The molecule has 0 saturated heterocycles. The van der Waals surface area contributed by atoms with Crippen molar-refractivity contribution in [1.29, 1.82) is 0 Å². The summed E-state index contributed by atoms with van der Waals surface area (Å²) in [6, 6.07) is 12.8. The SMILES string of the molecule is CCC(Oc1cccc(OC)c1)C(=O)Nc1ccc2c(c1)sc(=O)n2C(C)C. The highest BCUT2D eigenvalue weighted by Crippen LogP contribution is 2.25. The number of nitrogens with zero attached hydrogens (tertiary/aromatic N) is 1. The molecule has 1 amide bonds. The number of carbonyl (C=O) groups excluding carboxylic acids is 1. The lowest BCUT2D eigenvalue weighted by Gasteiger charge is -2.18. The molecule has 1 N–H and O–H groups in total. The van der Waals surface area contributed by atoms with Gasteiger partial charge in [-0.1, -0.05) is 24.3 Å². The van der Waals surface area contributed by atoms with Gasteiger partial charge in [0.2, 0.25) is 0 Å². The average Bonchev–Trinajstić information content (AvgIpc) is 3.01. The molecule has 0 fully saturated rings. The van der Waals surface area contributed by atoms with Gasteiger partial charge >= 0.3 is 4.87 Å². The summed E-state index contributed by atoms with van der Waals surface area (Å²) < 4.78 is 13.6. The Bertz CT molecular complexity index is 1040. The molecule has 3 aromatic rings. The normalized spacial score (nSPS) is 12.2. The summed E-state index contributed by atoms with van der Waals surface area (Å²) in [7, 11) is 1.58. The zero-order chi connectivity index (χ0) is 20.3. The second-order valence-electron chi connectivity index (χ2n) is 6.70. The van der Waals surface area contributed by atoms with E-state index in [1.54, 1.807) is 23.8 Å². The molecule has 0 spiro atoms. The smallest absolute Gasteiger partial charge is 0.308 e. The van der Waals surface area contributed by atoms with Gasteiger partial charge in [0.05, 0.1) is 17.3 Å². The van der Waals surface area contributed by atoms with Gasteiger partial charge in [-0.05, 0) is 50.6 Å². The minimum absolute atomic E-state index is 0.00118. The van der Waals surface area contributed by atoms with Crippen molar-refractivity contribution in [3.8, 4) is 11.5 Å². The minimum Gasteiger partial charge on any atom is -0.497 e. The number of methoxy groups -OCH3 is 1. The van der Waals surface area contributed by atoms with Crippen LogP contribution in [0.3, 0.4) is 0 Å². The lowest BCUT2D eigenvalue weighted by molar-refractivity contribution is -0.122. The Kier molecular flexibility index (Phi) is 6.04. The molecular formula is C21H24N2O4S. The van der Waals surface area contributed by atoms with Gasteiger partial charge in [-0.2, -0.15) is 0 Å². The van der Waals surface area contributed by atoms with Gasteiger partial charge in [0.25, 0.3) is 5.91 Å². The molecule has 0 aliphatic heterocycles. The van der Waals surface area contributed by atoms with Crippen molar-refractivity contribution in [2.45, 2.75) is 39.3 Å². The lowest BCUT2D eigenvalue weighted by atomic mass is 10.2. The van der Waals surface area contributed by atoms with E-state index in [0.717, 1.165) is 10.2 Å². The van der Waals surface area contributed by atoms with Gasteiger partial charge in [-0.3, -0.25) is 14.2 Å². The number of anilines is 1. The van der Waals surface area contributed by atoms with Crippen molar-refractivity contribution in [2.24, 2.45) is 0 Å². The van der Waals surface area contributed by atoms with E-state index in [2.05, 4.69) is 5.32 Å². The Morgan fingerprint density at radius 3 is 2.61 bits per heavy atom. The summed E-state index contributed by atoms with van der Waals surface area (Å²) in [6.45, 7) is 5.85. The van der Waals surface area contributed by atoms with Crippen LogP contribution in [0.15, 0.2) is 47.3 Å². The van der Waals surface area contributed by atoms with Crippen LogP contribution in [0.2, 0.25) is 0 Å². The molecule has 1 heterocycles. The largest absolute Gasteiger partial charge is 0.497 e. The highest BCUT2D eigenvalue weighted by molar-refractivity contribution is 7.16. The molecule has 1 atom stereocenters. The average molecular weight is 401 g/mol. The maximum Gasteiger partial charge on any atom is 0.308 e. The van der Waals surface area contributed by atoms with Gasteiger partial charge in [0, 0.05) is 17.8 Å². The highest BCUT2D eigenvalue weighted by atomic mass is 32.1. The second-order valence-corrected chi connectivity index (χ2v) is 7.69. The molecule has 0 aliphatic carbocycles. The molecule has 7 heteroatoms. The van der Waals surface area contributed by atoms with E-state index >= 15 is 0 Å². The van der Waals surface area contributed by atoms with Crippen molar-refractivity contribution in [2.75, 3.05) is 12.4 Å². The third-order valence-corrected chi connectivity index (χ3v) is 5.30. The van der Waals surface area contributed by atoms with Gasteiger partial charge in [0.1, 0.15) is 11.5 Å². The molecular weight excluding hydrogens is 376 g/mol. The molecule has 1 unspecified atom stereocenters. The minimum atomic E-state index is -0.637. The molecule has 0 bridgehead atoms. The zero-order valence-electron chi connectivity index (χ0n) is 16.4. The summed E-state index contributed by atoms with van der Waals surface area (Å²) in [6.07, 6.45) is -0.121. The Labute approximate surface area is 167 Å². The number of hydrogen-bond acceptors (Lipinski definition) is 5. The predicted octanol–water partition coefficient (Wildman–Crippen LogP) is 4.45. The van der Waals surface area contributed by atoms with Crippen LogP contribution >= 0.6 is 11.3 Å². The third kappa shape index (κ3) is 4.20. The van der Waals surface area contributed by atoms with Crippen molar-refractivity contribution in [3.05, 3.63) is 52.1 Å². The summed E-state index contributed by atoms with van der Waals surface area (Å²) in [5.41, 5.74) is 1.52. The number of carbonyl (C=O) groups is 1. The van der Waals surface area contributed by atoms with E-state index in [9.17, 15) is 9.59 Å². The van der Waals surface area contributed by atoms with Gasteiger partial charge in [-0.25, -0.2) is 0 Å². The first-order chi connectivity index (χ1) is 13.4. The Morgan fingerprint density at radius 1 is 1.18 bits per heavy atom. The zero-order valence-corrected chi connectivity index (χ0v) is 17.2. The van der Waals surface area contributed by atoms with Crippen LogP contribution < -0.4 is 19.7 Å². The topological polar surface area (TPSA) is 69.6 Å². The number of rotatable bonds is 7. The maximum absolute atomic E-state index is 12.7. The monoisotopic (exact) mass is 400 g/mol. The molecule has 0 radical (unpaired) electrons. The standard InChI is InChI=1S/C21H24N2O4S/c1-5-18(27-16-8-6-7-15(12-16)26-4)20(24)22-14-9-10-17-19(11-14)28-21(25)23(17)13(2)3/h6-13,18H,5H2,1-4H3,(H,22,24). The van der Waals surface area contributed by atoms with Crippen LogP contribution in [-0.2, 0) is 4.79 Å². The third-order valence-electron chi connectivity index (χ3n) is 4.38. The molecule has 0 aliphatic rings. The number of ether oxygens (including phenoxy) is 2. The number of aromatic nitrogens is 1. The lowest BCUT2D eigenvalue weighted by Crippen LogP contribution is -2.32. The first kappa shape index (κ1) is 19.9. The van der Waals surface area contributed by atoms with Gasteiger partial charge in [-0.15, -0.1) is 0 Å². The van der Waals surface area contributed by atoms with Crippen molar-refractivity contribution >= 4 is 33.1 Å². The van der Waals surface area contributed by atoms with Gasteiger partial charge in [0.15, 0.2) is 6.10 Å². The quantitative estimate of drug-likeness (QED) is 0.636. The molecule has 3 rings (SSSR count). The maximum atomic E-state index is 12.7. The van der Waals surface area contributed by atoms with Gasteiger partial charge < -0.3 is 14.8 Å². The summed E-state index contributed by atoms with van der Waals surface area (Å²) >= 11 is 1.18. The fourth-order valence-electron chi connectivity index (χ4n) is 2.99. The molecule has 2 aromatic carbocycles. The molecule has 0 saturated carbocycles.